The number of fused-ring (bicyclic) bond motifs is 1. The first kappa shape index (κ1) is 22.7. The first-order valence-corrected chi connectivity index (χ1v) is 11.6. The minimum atomic E-state index is -0.383. The van der Waals surface area contributed by atoms with Gasteiger partial charge in [-0.05, 0) is 58.5 Å². The third-order valence-corrected chi connectivity index (χ3v) is 6.30. The zero-order valence-corrected chi connectivity index (χ0v) is 19.6. The fraction of sp³-hybridized carbons (Fsp3) is 0.214. The molecule has 1 aliphatic heterocycles. The van der Waals surface area contributed by atoms with Crippen molar-refractivity contribution in [1.29, 1.82) is 0 Å². The zero-order chi connectivity index (χ0) is 24.2. The van der Waals surface area contributed by atoms with E-state index in [1.807, 2.05) is 47.5 Å². The summed E-state index contributed by atoms with van der Waals surface area (Å²) in [6, 6.07) is 23.5. The van der Waals surface area contributed by atoms with E-state index in [2.05, 4.69) is 29.2 Å². The second-order valence-corrected chi connectivity index (χ2v) is 8.48. The van der Waals surface area contributed by atoms with Crippen LogP contribution < -0.4 is 4.90 Å². The van der Waals surface area contributed by atoms with E-state index in [9.17, 15) is 9.59 Å². The fourth-order valence-corrected chi connectivity index (χ4v) is 4.30. The minimum Gasteiger partial charge on any atom is -0.465 e. The smallest absolute Gasteiger partial charge is 0.337 e. The number of anilines is 1. The topological polar surface area (TPSA) is 74.9 Å². The Morgan fingerprint density at radius 1 is 0.943 bits per heavy atom. The number of hydrogen-bond donors (Lipinski definition) is 1. The summed E-state index contributed by atoms with van der Waals surface area (Å²) in [7, 11) is 1.36. The number of ether oxygens (including phenoxy) is 2. The normalized spacial score (nSPS) is 13.6. The molecule has 1 aromatic heterocycles. The molecule has 3 aromatic carbocycles. The quantitative estimate of drug-likeness (QED) is 0.414. The van der Waals surface area contributed by atoms with Crippen molar-refractivity contribution in [2.24, 2.45) is 0 Å². The van der Waals surface area contributed by atoms with Gasteiger partial charge in [-0.15, -0.1) is 0 Å². The van der Waals surface area contributed by atoms with Gasteiger partial charge in [0.25, 0.3) is 0 Å². The van der Waals surface area contributed by atoms with Crippen LogP contribution in [0.25, 0.3) is 22.0 Å². The molecular formula is C28H27N3O4. The van der Waals surface area contributed by atoms with Gasteiger partial charge in [-0.2, -0.15) is 0 Å². The minimum absolute atomic E-state index is 0.0640. The van der Waals surface area contributed by atoms with Crippen molar-refractivity contribution in [3.63, 3.8) is 0 Å². The summed E-state index contributed by atoms with van der Waals surface area (Å²) in [5, 5.41) is 1.17. The Balaban J connectivity index is 1.42. The lowest BCUT2D eigenvalue weighted by atomic mass is 10.0. The van der Waals surface area contributed by atoms with Crippen LogP contribution in [0.3, 0.4) is 0 Å². The van der Waals surface area contributed by atoms with Crippen LogP contribution in [0.4, 0.5) is 10.5 Å². The van der Waals surface area contributed by atoms with Gasteiger partial charge < -0.3 is 19.4 Å². The van der Waals surface area contributed by atoms with E-state index < -0.39 is 0 Å². The number of nitrogens with zero attached hydrogens (tertiary/aromatic N) is 2. The van der Waals surface area contributed by atoms with Crippen LogP contribution in [0.1, 0.15) is 15.9 Å². The van der Waals surface area contributed by atoms with Gasteiger partial charge in [0.1, 0.15) is 0 Å². The van der Waals surface area contributed by atoms with Crippen molar-refractivity contribution < 1.29 is 19.1 Å². The average Bonchev–Trinajstić information content (AvgIpc) is 3.40. The summed E-state index contributed by atoms with van der Waals surface area (Å²) in [5.41, 5.74) is 5.47. The van der Waals surface area contributed by atoms with Gasteiger partial charge in [0, 0.05) is 30.5 Å². The molecule has 4 aromatic rings. The van der Waals surface area contributed by atoms with Crippen LogP contribution in [-0.4, -0.2) is 55.3 Å². The Morgan fingerprint density at radius 3 is 2.37 bits per heavy atom. The lowest BCUT2D eigenvalue weighted by Gasteiger charge is -2.33. The largest absolute Gasteiger partial charge is 0.465 e. The molecule has 178 valence electrons. The van der Waals surface area contributed by atoms with Gasteiger partial charge in [-0.25, -0.2) is 9.59 Å². The van der Waals surface area contributed by atoms with Crippen LogP contribution in [0, 0.1) is 0 Å². The molecule has 7 nitrogen and oxygen atoms in total. The molecule has 1 saturated heterocycles. The molecule has 2 heterocycles. The van der Waals surface area contributed by atoms with Gasteiger partial charge in [-0.3, -0.25) is 4.90 Å². The van der Waals surface area contributed by atoms with E-state index in [0.717, 1.165) is 27.9 Å². The third-order valence-electron chi connectivity index (χ3n) is 6.30. The predicted octanol–water partition coefficient (Wildman–Crippen LogP) is 5.08. The molecule has 1 N–H and O–H groups in total. The standard InChI is InChI=1S/C28H27N3O4/c1-34-27(32)23-4-2-20(3-5-23)19-31(28(33)30-14-16-35-17-15-30)25-10-8-21(9-11-25)24-7-6-22-12-13-29-26(22)18-24/h2-13,18,29H,14-17,19H2,1H3. The molecule has 0 saturated carbocycles. The average molecular weight is 470 g/mol. The molecule has 7 heteroatoms. The van der Waals surface area contributed by atoms with Gasteiger partial charge in [0.15, 0.2) is 0 Å². The van der Waals surface area contributed by atoms with Crippen molar-refractivity contribution in [3.8, 4) is 11.1 Å². The summed E-state index contributed by atoms with van der Waals surface area (Å²) in [5.74, 6) is -0.383. The summed E-state index contributed by atoms with van der Waals surface area (Å²) in [6.07, 6.45) is 1.93. The van der Waals surface area contributed by atoms with Crippen LogP contribution in [0.15, 0.2) is 79.0 Å². The van der Waals surface area contributed by atoms with Crippen LogP contribution in [0.5, 0.6) is 0 Å². The maximum Gasteiger partial charge on any atom is 0.337 e. The number of amides is 2. The third kappa shape index (κ3) is 4.90. The Hall–Kier alpha value is -4.10. The van der Waals surface area contributed by atoms with Crippen molar-refractivity contribution >= 4 is 28.6 Å². The fourth-order valence-electron chi connectivity index (χ4n) is 4.30. The number of rotatable bonds is 5. The summed E-state index contributed by atoms with van der Waals surface area (Å²) < 4.78 is 10.2. The van der Waals surface area contributed by atoms with Gasteiger partial charge >= 0.3 is 12.0 Å². The number of aromatic nitrogens is 1. The monoisotopic (exact) mass is 469 g/mol. The number of carbonyl (C=O) groups excluding carboxylic acids is 2. The van der Waals surface area contributed by atoms with E-state index in [1.165, 1.54) is 12.5 Å². The van der Waals surface area contributed by atoms with Crippen LogP contribution in [0.2, 0.25) is 0 Å². The second-order valence-electron chi connectivity index (χ2n) is 8.48. The van der Waals surface area contributed by atoms with Gasteiger partial charge in [0.05, 0.1) is 32.4 Å². The highest BCUT2D eigenvalue weighted by molar-refractivity contribution is 5.93. The number of esters is 1. The van der Waals surface area contributed by atoms with Gasteiger partial charge in [-0.1, -0.05) is 36.4 Å². The van der Waals surface area contributed by atoms with Crippen molar-refractivity contribution in [2.45, 2.75) is 6.54 Å². The summed E-state index contributed by atoms with van der Waals surface area (Å²) in [4.78, 5) is 32.1. The number of carbonyl (C=O) groups is 2. The highest BCUT2D eigenvalue weighted by atomic mass is 16.5. The number of aromatic amines is 1. The van der Waals surface area contributed by atoms with E-state index in [1.54, 1.807) is 17.0 Å². The molecule has 0 atom stereocenters. The van der Waals surface area contributed by atoms with Crippen LogP contribution in [-0.2, 0) is 16.0 Å². The van der Waals surface area contributed by atoms with Crippen molar-refractivity contribution in [1.82, 2.24) is 9.88 Å². The molecule has 0 aliphatic carbocycles. The van der Waals surface area contributed by atoms with E-state index >= 15 is 0 Å². The van der Waals surface area contributed by atoms with E-state index in [4.69, 9.17) is 9.47 Å². The number of benzene rings is 3. The number of urea groups is 1. The molecule has 0 bridgehead atoms. The lowest BCUT2D eigenvalue weighted by Crippen LogP contribution is -2.48. The summed E-state index contributed by atoms with van der Waals surface area (Å²) >= 11 is 0. The second kappa shape index (κ2) is 10.0. The number of morpholine rings is 1. The Bertz CT molecular complexity index is 1320. The first-order valence-electron chi connectivity index (χ1n) is 11.6. The van der Waals surface area contributed by atoms with E-state index in [0.29, 0.717) is 38.4 Å². The maximum atomic E-state index is 13.5. The van der Waals surface area contributed by atoms with Crippen molar-refractivity contribution in [3.05, 3.63) is 90.1 Å². The number of hydrogen-bond acceptors (Lipinski definition) is 4. The number of H-pyrrole nitrogens is 1. The molecule has 0 radical (unpaired) electrons. The molecule has 1 fully saturated rings. The molecular weight excluding hydrogens is 442 g/mol. The summed E-state index contributed by atoms with van der Waals surface area (Å²) in [6.45, 7) is 2.57. The maximum absolute atomic E-state index is 13.5. The number of nitrogens with one attached hydrogen (secondary N) is 1. The van der Waals surface area contributed by atoms with Crippen molar-refractivity contribution in [2.75, 3.05) is 38.3 Å². The highest BCUT2D eigenvalue weighted by Gasteiger charge is 2.24. The highest BCUT2D eigenvalue weighted by Crippen LogP contribution is 2.27. The van der Waals surface area contributed by atoms with Gasteiger partial charge in [0.2, 0.25) is 0 Å². The van der Waals surface area contributed by atoms with Crippen LogP contribution >= 0.6 is 0 Å². The molecule has 0 unspecified atom stereocenters. The predicted molar refractivity (Wildman–Crippen MR) is 135 cm³/mol. The molecule has 2 amide bonds. The SMILES string of the molecule is COC(=O)c1ccc(CN(C(=O)N2CCOCC2)c2ccc(-c3ccc4cc[nH]c4c3)cc2)cc1. The Labute approximate surface area is 203 Å². The van der Waals surface area contributed by atoms with E-state index in [-0.39, 0.29) is 12.0 Å². The molecule has 5 rings (SSSR count). The number of methoxy groups -OCH3 is 1. The molecule has 1 aliphatic rings. The zero-order valence-electron chi connectivity index (χ0n) is 19.6. The molecule has 0 spiro atoms. The molecule has 35 heavy (non-hydrogen) atoms. The Kier molecular flexibility index (Phi) is 6.50. The Morgan fingerprint density at radius 2 is 1.66 bits per heavy atom. The lowest BCUT2D eigenvalue weighted by molar-refractivity contribution is 0.0548. The first-order chi connectivity index (χ1) is 17.1.